The van der Waals surface area contributed by atoms with Crippen LogP contribution in [0, 0.1) is 12.7 Å². The molecule has 0 unspecified atom stereocenters. The van der Waals surface area contributed by atoms with Gasteiger partial charge < -0.3 is 19.9 Å². The number of hydrogen-bond donors (Lipinski definition) is 2. The number of anilines is 1. The second kappa shape index (κ2) is 9.56. The Kier molecular flexibility index (Phi) is 6.40. The molecule has 0 saturated heterocycles. The summed E-state index contributed by atoms with van der Waals surface area (Å²) in [6.45, 7) is 2.37. The first-order valence-corrected chi connectivity index (χ1v) is 10.5. The van der Waals surface area contributed by atoms with Gasteiger partial charge in [0.15, 0.2) is 0 Å². The van der Waals surface area contributed by atoms with Gasteiger partial charge in [0.1, 0.15) is 11.6 Å². The van der Waals surface area contributed by atoms with E-state index in [1.165, 1.54) is 24.3 Å². The smallest absolute Gasteiger partial charge is 0.322 e. The molecule has 0 spiro atoms. The summed E-state index contributed by atoms with van der Waals surface area (Å²) in [6.07, 6.45) is 0. The van der Waals surface area contributed by atoms with Gasteiger partial charge in [0.25, 0.3) is 5.56 Å². The largest absolute Gasteiger partial charge is 0.497 e. The molecular weight excluding hydrogens is 421 g/mol. The SMILES string of the molecule is COc1ccc2[nH]c(=O)c(CN(Cc3ccc(C)cc3)C(=O)Nc3ccc(F)cc3)cc2c1. The highest BCUT2D eigenvalue weighted by Gasteiger charge is 2.17. The lowest BCUT2D eigenvalue weighted by Crippen LogP contribution is -2.35. The van der Waals surface area contributed by atoms with Crippen LogP contribution in [0.4, 0.5) is 14.9 Å². The number of methoxy groups -OCH3 is 1. The number of carbonyl (C=O) groups excluding carboxylic acids is 1. The number of nitrogens with zero attached hydrogens (tertiary/aromatic N) is 1. The van der Waals surface area contributed by atoms with Gasteiger partial charge in [-0.25, -0.2) is 9.18 Å². The van der Waals surface area contributed by atoms with E-state index in [0.29, 0.717) is 29.1 Å². The fourth-order valence-corrected chi connectivity index (χ4v) is 3.53. The molecule has 0 bridgehead atoms. The maximum Gasteiger partial charge on any atom is 0.322 e. The number of rotatable bonds is 6. The monoisotopic (exact) mass is 445 g/mol. The third-order valence-corrected chi connectivity index (χ3v) is 5.37. The van der Waals surface area contributed by atoms with Crippen LogP contribution in [0.15, 0.2) is 77.6 Å². The molecule has 0 fully saturated rings. The van der Waals surface area contributed by atoms with Gasteiger partial charge in [0.2, 0.25) is 0 Å². The number of pyridine rings is 1. The predicted octanol–water partition coefficient (Wildman–Crippen LogP) is 5.22. The maximum atomic E-state index is 13.2. The third-order valence-electron chi connectivity index (χ3n) is 5.37. The molecule has 1 aromatic heterocycles. The first-order valence-electron chi connectivity index (χ1n) is 10.5. The quantitative estimate of drug-likeness (QED) is 0.427. The molecule has 0 atom stereocenters. The van der Waals surface area contributed by atoms with Crippen LogP contribution in [0.5, 0.6) is 5.75 Å². The molecule has 0 radical (unpaired) electrons. The molecule has 7 heteroatoms. The second-order valence-corrected chi connectivity index (χ2v) is 7.86. The van der Waals surface area contributed by atoms with Crippen molar-refractivity contribution in [3.63, 3.8) is 0 Å². The Balaban J connectivity index is 1.65. The van der Waals surface area contributed by atoms with Crippen LogP contribution in [0.3, 0.4) is 0 Å². The number of ether oxygens (including phenoxy) is 1. The Labute approximate surface area is 190 Å². The lowest BCUT2D eigenvalue weighted by Gasteiger charge is -2.23. The molecule has 0 aliphatic carbocycles. The molecule has 4 aromatic rings. The Bertz CT molecular complexity index is 1330. The second-order valence-electron chi connectivity index (χ2n) is 7.86. The van der Waals surface area contributed by atoms with E-state index >= 15 is 0 Å². The number of benzene rings is 3. The van der Waals surface area contributed by atoms with E-state index in [1.54, 1.807) is 30.2 Å². The Morgan fingerprint density at radius 1 is 1.00 bits per heavy atom. The van der Waals surface area contributed by atoms with Gasteiger partial charge in [-0.3, -0.25) is 4.79 Å². The number of nitrogens with one attached hydrogen (secondary N) is 2. The first-order chi connectivity index (χ1) is 15.9. The number of aryl methyl sites for hydroxylation is 1. The van der Waals surface area contributed by atoms with Gasteiger partial charge in [0, 0.05) is 28.7 Å². The van der Waals surface area contributed by atoms with E-state index in [0.717, 1.165) is 16.5 Å². The van der Waals surface area contributed by atoms with Crippen LogP contribution < -0.4 is 15.6 Å². The van der Waals surface area contributed by atoms with Crippen LogP contribution in [0.2, 0.25) is 0 Å². The summed E-state index contributed by atoms with van der Waals surface area (Å²) < 4.78 is 18.5. The van der Waals surface area contributed by atoms with Crippen LogP contribution in [-0.4, -0.2) is 23.0 Å². The van der Waals surface area contributed by atoms with E-state index in [1.807, 2.05) is 37.3 Å². The summed E-state index contributed by atoms with van der Waals surface area (Å²) in [4.78, 5) is 30.3. The number of carbonyl (C=O) groups is 1. The molecule has 168 valence electrons. The highest BCUT2D eigenvalue weighted by molar-refractivity contribution is 5.89. The van der Waals surface area contributed by atoms with Gasteiger partial charge >= 0.3 is 6.03 Å². The fraction of sp³-hybridized carbons (Fsp3) is 0.154. The van der Waals surface area contributed by atoms with Crippen LogP contribution >= 0.6 is 0 Å². The van der Waals surface area contributed by atoms with E-state index < -0.39 is 6.03 Å². The molecule has 2 amide bonds. The number of fused-ring (bicyclic) bond motifs is 1. The minimum atomic E-state index is -0.396. The van der Waals surface area contributed by atoms with E-state index in [2.05, 4.69) is 10.3 Å². The highest BCUT2D eigenvalue weighted by Crippen LogP contribution is 2.20. The van der Waals surface area contributed by atoms with Crippen molar-refractivity contribution in [2.75, 3.05) is 12.4 Å². The minimum absolute atomic E-state index is 0.0867. The fourth-order valence-electron chi connectivity index (χ4n) is 3.53. The van der Waals surface area contributed by atoms with E-state index in [9.17, 15) is 14.0 Å². The van der Waals surface area contributed by atoms with Gasteiger partial charge in [-0.05, 0) is 61.0 Å². The lowest BCUT2D eigenvalue weighted by molar-refractivity contribution is 0.206. The van der Waals surface area contributed by atoms with Crippen LogP contribution in [-0.2, 0) is 13.1 Å². The Hall–Kier alpha value is -4.13. The molecule has 3 aromatic carbocycles. The van der Waals surface area contributed by atoms with Crippen LogP contribution in [0.1, 0.15) is 16.7 Å². The van der Waals surface area contributed by atoms with Crippen molar-refractivity contribution in [2.24, 2.45) is 0 Å². The Morgan fingerprint density at radius 2 is 1.73 bits per heavy atom. The Morgan fingerprint density at radius 3 is 2.42 bits per heavy atom. The number of hydrogen-bond acceptors (Lipinski definition) is 3. The number of H-pyrrole nitrogens is 1. The average Bonchev–Trinajstić information content (AvgIpc) is 2.81. The van der Waals surface area contributed by atoms with Crippen molar-refractivity contribution in [3.05, 3.63) is 106 Å². The van der Waals surface area contributed by atoms with Gasteiger partial charge in [-0.1, -0.05) is 29.8 Å². The lowest BCUT2D eigenvalue weighted by atomic mass is 10.1. The summed E-state index contributed by atoms with van der Waals surface area (Å²) in [5.41, 5.74) is 3.36. The summed E-state index contributed by atoms with van der Waals surface area (Å²) in [7, 11) is 1.58. The zero-order valence-electron chi connectivity index (χ0n) is 18.4. The van der Waals surface area contributed by atoms with Crippen molar-refractivity contribution >= 4 is 22.6 Å². The first kappa shape index (κ1) is 22.1. The van der Waals surface area contributed by atoms with Gasteiger partial charge in [-0.2, -0.15) is 0 Å². The molecule has 0 aliphatic heterocycles. The summed E-state index contributed by atoms with van der Waals surface area (Å²) in [6, 6.07) is 20.1. The predicted molar refractivity (Wildman–Crippen MR) is 127 cm³/mol. The molecule has 33 heavy (non-hydrogen) atoms. The maximum absolute atomic E-state index is 13.2. The molecule has 4 rings (SSSR count). The zero-order valence-corrected chi connectivity index (χ0v) is 18.4. The molecule has 0 aliphatic rings. The van der Waals surface area contributed by atoms with Crippen molar-refractivity contribution in [3.8, 4) is 5.75 Å². The zero-order chi connectivity index (χ0) is 23.4. The molecule has 2 N–H and O–H groups in total. The summed E-state index contributed by atoms with van der Waals surface area (Å²) in [5.74, 6) is 0.286. The van der Waals surface area contributed by atoms with Crippen molar-refractivity contribution in [1.29, 1.82) is 0 Å². The summed E-state index contributed by atoms with van der Waals surface area (Å²) in [5, 5.41) is 3.59. The number of halogens is 1. The summed E-state index contributed by atoms with van der Waals surface area (Å²) >= 11 is 0. The molecule has 1 heterocycles. The average molecular weight is 445 g/mol. The molecular formula is C26H24FN3O3. The van der Waals surface area contributed by atoms with Gasteiger partial charge in [0.05, 0.1) is 13.7 Å². The van der Waals surface area contributed by atoms with Crippen molar-refractivity contribution < 1.29 is 13.9 Å². The van der Waals surface area contributed by atoms with Crippen molar-refractivity contribution in [1.82, 2.24) is 9.88 Å². The molecule has 0 saturated carbocycles. The minimum Gasteiger partial charge on any atom is -0.497 e. The van der Waals surface area contributed by atoms with E-state index in [-0.39, 0.29) is 17.9 Å². The number of aromatic amines is 1. The van der Waals surface area contributed by atoms with Crippen LogP contribution in [0.25, 0.3) is 10.9 Å². The van der Waals surface area contributed by atoms with Gasteiger partial charge in [-0.15, -0.1) is 0 Å². The highest BCUT2D eigenvalue weighted by atomic mass is 19.1. The van der Waals surface area contributed by atoms with Crippen molar-refractivity contribution in [2.45, 2.75) is 20.0 Å². The molecule has 6 nitrogen and oxygen atoms in total. The third kappa shape index (κ3) is 5.38. The topological polar surface area (TPSA) is 74.4 Å². The standard InChI is InChI=1S/C26H24FN3O3/c1-17-3-5-18(6-4-17)15-30(26(32)28-22-9-7-21(27)8-10-22)16-20-13-19-14-23(33-2)11-12-24(19)29-25(20)31/h3-14H,15-16H2,1-2H3,(H,28,32)(H,29,31). The normalized spacial score (nSPS) is 10.8. The number of amides is 2. The number of aromatic nitrogens is 1. The van der Waals surface area contributed by atoms with E-state index in [4.69, 9.17) is 4.74 Å². The number of urea groups is 1.